The summed E-state index contributed by atoms with van der Waals surface area (Å²) < 4.78 is 26.6. The first kappa shape index (κ1) is 12.1. The molecule has 6 heteroatoms. The molecule has 0 bridgehead atoms. The Balaban J connectivity index is 1.96. The summed E-state index contributed by atoms with van der Waals surface area (Å²) in [6.45, 7) is 0.396. The maximum absolute atomic E-state index is 13.7. The number of nitrogens with zero attached hydrogens (tertiary/aromatic N) is 2. The first-order valence-corrected chi connectivity index (χ1v) is 6.14. The van der Waals surface area contributed by atoms with Crippen LogP contribution in [0, 0.1) is 11.6 Å². The highest BCUT2D eigenvalue weighted by atomic mass is 19.1. The molecule has 100 valence electrons. The lowest BCUT2D eigenvalue weighted by Crippen LogP contribution is -2.57. The topological polar surface area (TPSA) is 40.6 Å². The number of carbonyl (C=O) groups excluding carboxylic acids is 2. The fourth-order valence-corrected chi connectivity index (χ4v) is 2.71. The number of piperazine rings is 1. The zero-order valence-electron chi connectivity index (χ0n) is 10.1. The van der Waals surface area contributed by atoms with Crippen molar-refractivity contribution in [3.63, 3.8) is 0 Å². The lowest BCUT2D eigenvalue weighted by atomic mass is 10.1. The van der Waals surface area contributed by atoms with Crippen molar-refractivity contribution in [1.82, 2.24) is 4.90 Å². The number of carbonyl (C=O) groups is 2. The predicted octanol–water partition coefficient (Wildman–Crippen LogP) is 1.30. The van der Waals surface area contributed by atoms with E-state index < -0.39 is 17.7 Å². The highest BCUT2D eigenvalue weighted by Gasteiger charge is 2.42. The van der Waals surface area contributed by atoms with Crippen molar-refractivity contribution in [2.75, 3.05) is 18.0 Å². The Morgan fingerprint density at radius 2 is 2.00 bits per heavy atom. The number of hydrogen-bond acceptors (Lipinski definition) is 2. The number of anilines is 1. The molecular formula is C13H12F2N2O2. The molecule has 1 aromatic carbocycles. The molecule has 3 rings (SSSR count). The molecule has 0 aromatic heterocycles. The zero-order chi connectivity index (χ0) is 13.6. The highest BCUT2D eigenvalue weighted by molar-refractivity contribution is 6.06. The molecule has 1 aromatic rings. The van der Waals surface area contributed by atoms with Gasteiger partial charge in [0.15, 0.2) is 0 Å². The summed E-state index contributed by atoms with van der Waals surface area (Å²) in [6.07, 6.45) is 1.38. The number of halogens is 2. The van der Waals surface area contributed by atoms with E-state index in [1.807, 2.05) is 0 Å². The molecule has 1 atom stereocenters. The van der Waals surface area contributed by atoms with Crippen molar-refractivity contribution >= 4 is 17.5 Å². The van der Waals surface area contributed by atoms with Gasteiger partial charge >= 0.3 is 0 Å². The molecule has 19 heavy (non-hydrogen) atoms. The van der Waals surface area contributed by atoms with Crippen LogP contribution in [0.25, 0.3) is 0 Å². The minimum atomic E-state index is -0.826. The van der Waals surface area contributed by atoms with Crippen molar-refractivity contribution in [2.24, 2.45) is 0 Å². The average molecular weight is 266 g/mol. The van der Waals surface area contributed by atoms with E-state index in [0.29, 0.717) is 19.0 Å². The van der Waals surface area contributed by atoms with Crippen LogP contribution in [0.5, 0.6) is 0 Å². The van der Waals surface area contributed by atoms with Crippen LogP contribution in [0.4, 0.5) is 14.5 Å². The summed E-state index contributed by atoms with van der Waals surface area (Å²) in [5.41, 5.74) is -0.0358. The maximum Gasteiger partial charge on any atom is 0.250 e. The fourth-order valence-electron chi connectivity index (χ4n) is 2.71. The fraction of sp³-hybridized carbons (Fsp3) is 0.385. The van der Waals surface area contributed by atoms with Crippen molar-refractivity contribution < 1.29 is 18.4 Å². The SMILES string of the molecule is O=C1C2CCCN2C(=O)CN1c1ccc(F)cc1F. The molecule has 0 saturated carbocycles. The van der Waals surface area contributed by atoms with Crippen molar-refractivity contribution in [1.29, 1.82) is 0 Å². The molecule has 2 aliphatic rings. The largest absolute Gasteiger partial charge is 0.329 e. The van der Waals surface area contributed by atoms with Crippen LogP contribution in [0.3, 0.4) is 0 Å². The van der Waals surface area contributed by atoms with Gasteiger partial charge in [-0.3, -0.25) is 14.5 Å². The number of benzene rings is 1. The van der Waals surface area contributed by atoms with Crippen LogP contribution < -0.4 is 4.90 Å². The van der Waals surface area contributed by atoms with Crippen LogP contribution in [0.1, 0.15) is 12.8 Å². The van der Waals surface area contributed by atoms with Gasteiger partial charge in [-0.1, -0.05) is 0 Å². The molecule has 0 N–H and O–H groups in total. The predicted molar refractivity (Wildman–Crippen MR) is 63.4 cm³/mol. The van der Waals surface area contributed by atoms with Gasteiger partial charge in [0.2, 0.25) is 11.8 Å². The first-order valence-electron chi connectivity index (χ1n) is 6.14. The summed E-state index contributed by atoms with van der Waals surface area (Å²) in [5.74, 6) is -2.01. The third-order valence-electron chi connectivity index (χ3n) is 3.62. The van der Waals surface area contributed by atoms with Gasteiger partial charge in [0.05, 0.1) is 5.69 Å². The summed E-state index contributed by atoms with van der Waals surface area (Å²) in [7, 11) is 0. The average Bonchev–Trinajstić information content (AvgIpc) is 2.84. The van der Waals surface area contributed by atoms with Gasteiger partial charge in [-0.2, -0.15) is 0 Å². The number of hydrogen-bond donors (Lipinski definition) is 0. The van der Waals surface area contributed by atoms with Crippen LogP contribution in [-0.4, -0.2) is 35.8 Å². The van der Waals surface area contributed by atoms with E-state index in [0.717, 1.165) is 17.4 Å². The van der Waals surface area contributed by atoms with E-state index in [1.165, 1.54) is 6.07 Å². The number of fused-ring (bicyclic) bond motifs is 1. The second kappa shape index (κ2) is 4.29. The third kappa shape index (κ3) is 1.87. The van der Waals surface area contributed by atoms with Crippen LogP contribution in [0.2, 0.25) is 0 Å². The van der Waals surface area contributed by atoms with E-state index in [4.69, 9.17) is 0 Å². The Bertz CT molecular complexity index is 562. The molecule has 2 fully saturated rings. The van der Waals surface area contributed by atoms with E-state index in [1.54, 1.807) is 4.90 Å². The van der Waals surface area contributed by atoms with Gasteiger partial charge in [0, 0.05) is 12.6 Å². The molecule has 2 heterocycles. The molecule has 0 aliphatic carbocycles. The minimum absolute atomic E-state index is 0.0358. The first-order chi connectivity index (χ1) is 9.08. The summed E-state index contributed by atoms with van der Waals surface area (Å²) in [6, 6.07) is 2.50. The number of rotatable bonds is 1. The molecular weight excluding hydrogens is 254 g/mol. The van der Waals surface area contributed by atoms with Gasteiger partial charge in [-0.25, -0.2) is 8.78 Å². The Hall–Kier alpha value is -1.98. The second-order valence-electron chi connectivity index (χ2n) is 4.77. The molecule has 2 amide bonds. The molecule has 0 spiro atoms. The monoisotopic (exact) mass is 266 g/mol. The van der Waals surface area contributed by atoms with Crippen LogP contribution in [-0.2, 0) is 9.59 Å². The smallest absolute Gasteiger partial charge is 0.250 e. The lowest BCUT2D eigenvalue weighted by Gasteiger charge is -2.36. The van der Waals surface area contributed by atoms with Crippen molar-refractivity contribution in [2.45, 2.75) is 18.9 Å². The molecule has 2 saturated heterocycles. The van der Waals surface area contributed by atoms with E-state index in [9.17, 15) is 18.4 Å². The van der Waals surface area contributed by atoms with Crippen LogP contribution in [0.15, 0.2) is 18.2 Å². The molecule has 4 nitrogen and oxygen atoms in total. The molecule has 1 unspecified atom stereocenters. The van der Waals surface area contributed by atoms with Crippen molar-refractivity contribution in [3.05, 3.63) is 29.8 Å². The van der Waals surface area contributed by atoms with Gasteiger partial charge in [-0.15, -0.1) is 0 Å². The Kier molecular flexibility index (Phi) is 2.73. The van der Waals surface area contributed by atoms with Gasteiger partial charge in [0.25, 0.3) is 0 Å². The Labute approximate surface area is 108 Å². The third-order valence-corrected chi connectivity index (χ3v) is 3.62. The van der Waals surface area contributed by atoms with Gasteiger partial charge < -0.3 is 4.90 Å². The van der Waals surface area contributed by atoms with Gasteiger partial charge in [-0.05, 0) is 25.0 Å². The normalized spacial score (nSPS) is 22.9. The number of amides is 2. The molecule has 0 radical (unpaired) electrons. The standard InChI is InChI=1S/C13H12F2N2O2/c14-8-3-4-10(9(15)6-8)17-7-12(18)16-5-1-2-11(16)13(17)19/h3-4,6,11H,1-2,5,7H2. The molecule has 2 aliphatic heterocycles. The second-order valence-corrected chi connectivity index (χ2v) is 4.77. The van der Waals surface area contributed by atoms with Gasteiger partial charge in [0.1, 0.15) is 24.2 Å². The quantitative estimate of drug-likeness (QED) is 0.768. The Morgan fingerprint density at radius 3 is 2.74 bits per heavy atom. The summed E-state index contributed by atoms with van der Waals surface area (Å²) >= 11 is 0. The lowest BCUT2D eigenvalue weighted by molar-refractivity contribution is -0.140. The summed E-state index contributed by atoms with van der Waals surface area (Å²) in [4.78, 5) is 26.8. The Morgan fingerprint density at radius 1 is 1.21 bits per heavy atom. The minimum Gasteiger partial charge on any atom is -0.329 e. The van der Waals surface area contributed by atoms with E-state index in [-0.39, 0.29) is 24.0 Å². The van der Waals surface area contributed by atoms with E-state index >= 15 is 0 Å². The van der Waals surface area contributed by atoms with Crippen molar-refractivity contribution in [3.8, 4) is 0 Å². The maximum atomic E-state index is 13.7. The zero-order valence-corrected chi connectivity index (χ0v) is 10.1. The summed E-state index contributed by atoms with van der Waals surface area (Å²) in [5, 5.41) is 0. The highest BCUT2D eigenvalue weighted by Crippen LogP contribution is 2.29. The van der Waals surface area contributed by atoms with E-state index in [2.05, 4.69) is 0 Å². The van der Waals surface area contributed by atoms with Crippen LogP contribution >= 0.6 is 0 Å².